The molecular formula is C9H17O12P. The molecule has 0 saturated carbocycles. The fraction of sp³-hybridized carbons (Fsp3) is 0.889. The summed E-state index contributed by atoms with van der Waals surface area (Å²) in [6, 6.07) is 0. The maximum absolute atomic E-state index is 10.9. The normalized spacial score (nSPS) is 34.4. The molecule has 6 atom stereocenters. The number of hydrogen-bond acceptors (Lipinski definition) is 9. The molecule has 0 aromatic heterocycles. The predicted octanol–water partition coefficient (Wildman–Crippen LogP) is -3.63. The number of carbonyl (C=O) groups is 1. The summed E-state index contributed by atoms with van der Waals surface area (Å²) >= 11 is 0. The number of phosphoric ester groups is 1. The van der Waals surface area contributed by atoms with Crippen LogP contribution in [0.25, 0.3) is 0 Å². The third-order valence-electron chi connectivity index (χ3n) is 2.82. The van der Waals surface area contributed by atoms with Gasteiger partial charge in [-0.1, -0.05) is 0 Å². The molecule has 0 bridgehead atoms. The number of ether oxygens (including phenoxy) is 2. The van der Waals surface area contributed by atoms with Crippen LogP contribution in [0, 0.1) is 0 Å². The standard InChI is InChI=1S/C9H17O12P/c10-1-3-5(11)6(12)7(13)9(20-3)21-4(8(14)15)2-19-22(16,17)18/h3-7,9-13H,1-2H2,(H,14,15)(H2,16,17,18)/t3-,4?,5-,6+,7+,9-/m1/s1. The van der Waals surface area contributed by atoms with Crippen LogP contribution in [-0.2, 0) is 23.4 Å². The Balaban J connectivity index is 2.75. The van der Waals surface area contributed by atoms with E-state index in [0.29, 0.717) is 0 Å². The van der Waals surface area contributed by atoms with Crippen molar-refractivity contribution in [3.63, 3.8) is 0 Å². The lowest BCUT2D eigenvalue weighted by Crippen LogP contribution is -2.60. The van der Waals surface area contributed by atoms with Crippen LogP contribution in [0.3, 0.4) is 0 Å². The summed E-state index contributed by atoms with van der Waals surface area (Å²) in [5.74, 6) is -1.68. The summed E-state index contributed by atoms with van der Waals surface area (Å²) in [6.07, 6.45) is -10.3. The monoisotopic (exact) mass is 348 g/mol. The van der Waals surface area contributed by atoms with Gasteiger partial charge in [0.25, 0.3) is 0 Å². The third-order valence-corrected chi connectivity index (χ3v) is 3.30. The van der Waals surface area contributed by atoms with Crippen LogP contribution in [0.1, 0.15) is 0 Å². The van der Waals surface area contributed by atoms with Gasteiger partial charge in [-0.25, -0.2) is 9.36 Å². The Labute approximate surface area is 123 Å². The molecule has 0 aromatic carbocycles. The first kappa shape index (κ1) is 19.4. The SMILES string of the molecule is O=C(O)C(COP(=O)(O)O)O[C@H]1O[C@H](CO)[C@@H](O)[C@H](O)[C@@H]1O. The molecule has 13 heteroatoms. The van der Waals surface area contributed by atoms with E-state index in [4.69, 9.17) is 29.5 Å². The van der Waals surface area contributed by atoms with Crippen LogP contribution in [0.15, 0.2) is 0 Å². The Kier molecular flexibility index (Phi) is 6.83. The third kappa shape index (κ3) is 5.21. The second kappa shape index (κ2) is 7.75. The van der Waals surface area contributed by atoms with Crippen molar-refractivity contribution in [3.8, 4) is 0 Å². The van der Waals surface area contributed by atoms with Gasteiger partial charge in [0.1, 0.15) is 24.4 Å². The number of aliphatic hydroxyl groups excluding tert-OH is 4. The minimum absolute atomic E-state index is 0.748. The molecule has 1 unspecified atom stereocenters. The fourth-order valence-corrected chi connectivity index (χ4v) is 2.00. The first-order chi connectivity index (χ1) is 10.1. The van der Waals surface area contributed by atoms with Gasteiger partial charge in [0.15, 0.2) is 12.4 Å². The lowest BCUT2D eigenvalue weighted by molar-refractivity contribution is -0.311. The summed E-state index contributed by atoms with van der Waals surface area (Å²) in [7, 11) is -4.94. The molecule has 0 aromatic rings. The largest absolute Gasteiger partial charge is 0.479 e. The number of aliphatic hydroxyl groups is 4. The van der Waals surface area contributed by atoms with Gasteiger partial charge in [0, 0.05) is 0 Å². The van der Waals surface area contributed by atoms with E-state index < -0.39 is 63.8 Å². The highest BCUT2D eigenvalue weighted by molar-refractivity contribution is 7.46. The van der Waals surface area contributed by atoms with Crippen LogP contribution in [-0.4, -0.2) is 91.3 Å². The Morgan fingerprint density at radius 3 is 2.23 bits per heavy atom. The van der Waals surface area contributed by atoms with Gasteiger partial charge in [-0.05, 0) is 0 Å². The number of carboxylic acid groups (broad SMARTS) is 1. The quantitative estimate of drug-likeness (QED) is 0.223. The molecule has 1 fully saturated rings. The van der Waals surface area contributed by atoms with E-state index in [-0.39, 0.29) is 0 Å². The van der Waals surface area contributed by atoms with Gasteiger partial charge in [0.05, 0.1) is 13.2 Å². The maximum Gasteiger partial charge on any atom is 0.469 e. The highest BCUT2D eigenvalue weighted by Gasteiger charge is 2.45. The van der Waals surface area contributed by atoms with Crippen molar-refractivity contribution >= 4 is 13.8 Å². The molecular weight excluding hydrogens is 331 g/mol. The van der Waals surface area contributed by atoms with Gasteiger partial charge in [-0.3, -0.25) is 4.52 Å². The smallest absolute Gasteiger partial charge is 0.469 e. The molecule has 0 aliphatic carbocycles. The van der Waals surface area contributed by atoms with Crippen molar-refractivity contribution in [2.45, 2.75) is 36.8 Å². The molecule has 0 radical (unpaired) electrons. The highest BCUT2D eigenvalue weighted by Crippen LogP contribution is 2.36. The minimum Gasteiger partial charge on any atom is -0.479 e. The van der Waals surface area contributed by atoms with Crippen molar-refractivity contribution in [2.75, 3.05) is 13.2 Å². The number of hydrogen-bond donors (Lipinski definition) is 7. The topological polar surface area (TPSA) is 203 Å². The summed E-state index contributed by atoms with van der Waals surface area (Å²) < 4.78 is 24.2. The molecule has 0 spiro atoms. The zero-order chi connectivity index (χ0) is 17.1. The van der Waals surface area contributed by atoms with Gasteiger partial charge in [-0.15, -0.1) is 0 Å². The Morgan fingerprint density at radius 1 is 1.18 bits per heavy atom. The van der Waals surface area contributed by atoms with E-state index in [1.54, 1.807) is 0 Å². The fourth-order valence-electron chi connectivity index (χ4n) is 1.68. The highest BCUT2D eigenvalue weighted by atomic mass is 31.2. The molecule has 1 saturated heterocycles. The van der Waals surface area contributed by atoms with E-state index in [9.17, 15) is 24.7 Å². The minimum atomic E-state index is -4.94. The van der Waals surface area contributed by atoms with Crippen molar-refractivity contribution in [1.82, 2.24) is 0 Å². The molecule has 22 heavy (non-hydrogen) atoms. The summed E-state index contributed by atoms with van der Waals surface area (Å²) in [6.45, 7) is -1.81. The maximum atomic E-state index is 10.9. The predicted molar refractivity (Wildman–Crippen MR) is 64.3 cm³/mol. The van der Waals surface area contributed by atoms with Crippen LogP contribution >= 0.6 is 7.82 Å². The first-order valence-electron chi connectivity index (χ1n) is 5.95. The van der Waals surface area contributed by atoms with Crippen molar-refractivity contribution in [2.24, 2.45) is 0 Å². The zero-order valence-electron chi connectivity index (χ0n) is 11.0. The van der Waals surface area contributed by atoms with Crippen molar-refractivity contribution in [1.29, 1.82) is 0 Å². The number of aliphatic carboxylic acids is 1. The first-order valence-corrected chi connectivity index (χ1v) is 7.48. The lowest BCUT2D eigenvalue weighted by Gasteiger charge is -2.40. The van der Waals surface area contributed by atoms with E-state index >= 15 is 0 Å². The molecule has 1 aliphatic rings. The lowest BCUT2D eigenvalue weighted by atomic mass is 9.99. The summed E-state index contributed by atoms with van der Waals surface area (Å²) in [5, 5.41) is 46.5. The summed E-state index contributed by atoms with van der Waals surface area (Å²) in [4.78, 5) is 28.0. The molecule has 1 heterocycles. The van der Waals surface area contributed by atoms with E-state index in [1.807, 2.05) is 0 Å². The molecule has 130 valence electrons. The Bertz CT molecular complexity index is 421. The molecule has 12 nitrogen and oxygen atoms in total. The van der Waals surface area contributed by atoms with Gasteiger partial charge >= 0.3 is 13.8 Å². The number of rotatable bonds is 7. The zero-order valence-corrected chi connectivity index (χ0v) is 11.9. The van der Waals surface area contributed by atoms with Crippen LogP contribution in [0.5, 0.6) is 0 Å². The number of carboxylic acids is 1. The van der Waals surface area contributed by atoms with Gasteiger partial charge in [-0.2, -0.15) is 0 Å². The van der Waals surface area contributed by atoms with Crippen molar-refractivity contribution in [3.05, 3.63) is 0 Å². The van der Waals surface area contributed by atoms with Gasteiger partial charge < -0.3 is 44.8 Å². The second-order valence-corrected chi connectivity index (χ2v) is 5.69. The molecule has 7 N–H and O–H groups in total. The number of phosphoric acid groups is 1. The Morgan fingerprint density at radius 2 is 1.77 bits per heavy atom. The van der Waals surface area contributed by atoms with Crippen molar-refractivity contribution < 1.29 is 58.7 Å². The molecule has 1 aliphatic heterocycles. The van der Waals surface area contributed by atoms with Crippen LogP contribution < -0.4 is 0 Å². The Hall–Kier alpha value is -0.660. The van der Waals surface area contributed by atoms with E-state index in [1.165, 1.54) is 0 Å². The molecule has 1 rings (SSSR count). The summed E-state index contributed by atoms with van der Waals surface area (Å²) in [5.41, 5.74) is 0. The van der Waals surface area contributed by atoms with Gasteiger partial charge in [0.2, 0.25) is 0 Å². The molecule has 0 amide bonds. The second-order valence-electron chi connectivity index (χ2n) is 4.45. The van der Waals surface area contributed by atoms with E-state index in [0.717, 1.165) is 0 Å². The van der Waals surface area contributed by atoms with E-state index in [2.05, 4.69) is 4.52 Å². The average Bonchev–Trinajstić information content (AvgIpc) is 2.41. The average molecular weight is 348 g/mol. The van der Waals surface area contributed by atoms with Crippen LogP contribution in [0.2, 0.25) is 0 Å². The van der Waals surface area contributed by atoms with Crippen LogP contribution in [0.4, 0.5) is 0 Å².